The summed E-state index contributed by atoms with van der Waals surface area (Å²) in [5.41, 5.74) is 4.94. The summed E-state index contributed by atoms with van der Waals surface area (Å²) in [7, 11) is -4.07. The summed E-state index contributed by atoms with van der Waals surface area (Å²) < 4.78 is 46.3. The van der Waals surface area contributed by atoms with Gasteiger partial charge in [-0.05, 0) is 78.4 Å². The molecule has 0 amide bonds. The maximum absolute atomic E-state index is 13.3. The molecule has 2 bridgehead atoms. The van der Waals surface area contributed by atoms with Gasteiger partial charge < -0.3 is 20.3 Å². The summed E-state index contributed by atoms with van der Waals surface area (Å²) in [5.74, 6) is -0.813. The first kappa shape index (κ1) is 33.4. The van der Waals surface area contributed by atoms with Crippen molar-refractivity contribution in [3.63, 3.8) is 0 Å². The first-order valence-electron chi connectivity index (χ1n) is 17.0. The number of allylic oxidation sites excluding steroid dienone is 1. The van der Waals surface area contributed by atoms with Crippen LogP contribution in [0.15, 0.2) is 11.6 Å². The first-order valence-corrected chi connectivity index (χ1v) is 18.4. The summed E-state index contributed by atoms with van der Waals surface area (Å²) in [6.07, 6.45) is 5.37. The summed E-state index contributed by atoms with van der Waals surface area (Å²) in [6, 6.07) is 0. The van der Waals surface area contributed by atoms with E-state index in [4.69, 9.17) is 19.4 Å². The zero-order valence-electron chi connectivity index (χ0n) is 28.1. The minimum absolute atomic E-state index is 0.0619. The van der Waals surface area contributed by atoms with E-state index < -0.39 is 56.6 Å². The van der Waals surface area contributed by atoms with E-state index in [0.29, 0.717) is 32.0 Å². The quantitative estimate of drug-likeness (QED) is 0.316. The Hall–Kier alpha value is -1.53. The van der Waals surface area contributed by atoms with Gasteiger partial charge >= 0.3 is 22.2 Å². The van der Waals surface area contributed by atoms with Crippen molar-refractivity contribution in [2.45, 2.75) is 99.2 Å². The highest BCUT2D eigenvalue weighted by Crippen LogP contribution is 2.75. The van der Waals surface area contributed by atoms with E-state index in [0.717, 1.165) is 25.7 Å². The number of nitrogens with two attached hydrogens (primary N) is 1. The van der Waals surface area contributed by atoms with Crippen molar-refractivity contribution in [1.29, 1.82) is 0 Å². The molecule has 0 aromatic rings. The van der Waals surface area contributed by atoms with E-state index in [9.17, 15) is 23.1 Å². The molecule has 6 aliphatic rings. The van der Waals surface area contributed by atoms with Crippen molar-refractivity contribution in [1.82, 2.24) is 4.31 Å². The molecular weight excluding hydrogens is 596 g/mol. The van der Waals surface area contributed by atoms with E-state index in [-0.39, 0.29) is 48.2 Å². The molecule has 11 atom stereocenters. The van der Waals surface area contributed by atoms with Gasteiger partial charge in [-0.3, -0.25) is 9.59 Å². The molecule has 11 heteroatoms. The van der Waals surface area contributed by atoms with Crippen LogP contribution in [0.3, 0.4) is 0 Å². The number of hydrogen-bond acceptors (Lipinski definition) is 8. The number of carbonyl (C=O) groups is 2. The van der Waals surface area contributed by atoms with Crippen LogP contribution < -0.4 is 5.73 Å². The van der Waals surface area contributed by atoms with E-state index in [2.05, 4.69) is 47.6 Å². The number of aliphatic carboxylic acids is 1. The molecule has 0 aromatic heterocycles. The Bertz CT molecular complexity index is 1380. The molecule has 2 saturated heterocycles. The zero-order chi connectivity index (χ0) is 33.0. The Labute approximate surface area is 269 Å². The molecule has 0 unspecified atom stereocenters. The number of nitrogens with zero attached hydrogens (tertiary/aromatic N) is 1. The average Bonchev–Trinajstić information content (AvgIpc) is 2.94. The van der Waals surface area contributed by atoms with Crippen LogP contribution in [0.25, 0.3) is 0 Å². The number of rotatable bonds is 6. The highest BCUT2D eigenvalue weighted by Gasteiger charge is 2.74. The van der Waals surface area contributed by atoms with Gasteiger partial charge in [-0.2, -0.15) is 12.7 Å². The van der Waals surface area contributed by atoms with Crippen LogP contribution in [0.5, 0.6) is 0 Å². The van der Waals surface area contributed by atoms with Crippen molar-refractivity contribution in [2.75, 3.05) is 32.8 Å². The smallest absolute Gasteiger partial charge is 0.338 e. The van der Waals surface area contributed by atoms with Crippen LogP contribution in [0, 0.1) is 56.7 Å². The Kier molecular flexibility index (Phi) is 7.96. The highest BCUT2D eigenvalue weighted by atomic mass is 32.2. The SMILES string of the molecule is CC(=O)O[C@@H]1C[C@@]23COC[C@]4(CN(CCN)S(=O)(=O)O[C@@H]14)[C@@H]2CC[C@H]1C3=CC[C@@]2(C)[C@H](C(=O)O)[C@@](C)([C@H](C)C(C)C)CC[C@]12C. The van der Waals surface area contributed by atoms with Crippen molar-refractivity contribution >= 4 is 22.2 Å². The largest absolute Gasteiger partial charge is 0.481 e. The minimum Gasteiger partial charge on any atom is -0.481 e. The standard InChI is InChI=1S/C34H54N2O8S/c1-20(2)21(3)30(5)12-13-31(6)23-8-9-26-33(24(23)10-11-32(31,7)27(30)29(38)39)16-25(43-22(4)37)28-34(26,19-42-18-33)17-36(15-14-35)45(40,41)44-28/h10,20-21,23,25-28H,8-9,11-19,35H2,1-7H3,(H,38,39)/t21-,23+,25-,26-,27-,28+,30-,31-,32+,33+,34-/m1/s1. The second-order valence-electron chi connectivity index (χ2n) is 16.5. The van der Waals surface area contributed by atoms with E-state index >= 15 is 0 Å². The number of esters is 1. The molecule has 4 aliphatic carbocycles. The van der Waals surface area contributed by atoms with Gasteiger partial charge in [-0.15, -0.1) is 0 Å². The molecule has 254 valence electrons. The van der Waals surface area contributed by atoms with Gasteiger partial charge in [0.25, 0.3) is 0 Å². The monoisotopic (exact) mass is 650 g/mol. The van der Waals surface area contributed by atoms with Crippen LogP contribution >= 0.6 is 0 Å². The first-order chi connectivity index (χ1) is 20.9. The molecule has 6 rings (SSSR count). The molecule has 0 aromatic carbocycles. The zero-order valence-corrected chi connectivity index (χ0v) is 29.0. The lowest BCUT2D eigenvalue weighted by molar-refractivity contribution is -0.265. The van der Waals surface area contributed by atoms with Gasteiger partial charge in [0.2, 0.25) is 0 Å². The summed E-state index contributed by atoms with van der Waals surface area (Å²) in [5, 5.41) is 10.9. The fourth-order valence-corrected chi connectivity index (χ4v) is 13.5. The van der Waals surface area contributed by atoms with Gasteiger partial charge in [0, 0.05) is 37.4 Å². The summed E-state index contributed by atoms with van der Waals surface area (Å²) >= 11 is 0. The van der Waals surface area contributed by atoms with Gasteiger partial charge in [-0.1, -0.05) is 53.2 Å². The van der Waals surface area contributed by atoms with Gasteiger partial charge in [-0.25, -0.2) is 4.18 Å². The number of ether oxygens (including phenoxy) is 2. The molecular formula is C34H54N2O8S. The van der Waals surface area contributed by atoms with Gasteiger partial charge in [0.1, 0.15) is 12.2 Å². The summed E-state index contributed by atoms with van der Waals surface area (Å²) in [6.45, 7) is 16.1. The molecule has 0 radical (unpaired) electrons. The fourth-order valence-electron chi connectivity index (χ4n) is 12.0. The summed E-state index contributed by atoms with van der Waals surface area (Å²) in [4.78, 5) is 25.8. The van der Waals surface area contributed by atoms with Crippen LogP contribution in [0.1, 0.15) is 87.0 Å². The lowest BCUT2D eigenvalue weighted by Gasteiger charge is -2.72. The number of carboxylic acid groups (broad SMARTS) is 1. The van der Waals surface area contributed by atoms with Crippen molar-refractivity contribution in [2.24, 2.45) is 62.4 Å². The lowest BCUT2D eigenvalue weighted by Crippen LogP contribution is -2.75. The van der Waals surface area contributed by atoms with E-state index in [1.165, 1.54) is 16.8 Å². The predicted octanol–water partition coefficient (Wildman–Crippen LogP) is 4.39. The van der Waals surface area contributed by atoms with E-state index in [1.807, 2.05) is 0 Å². The van der Waals surface area contributed by atoms with Crippen molar-refractivity contribution in [3.05, 3.63) is 11.6 Å². The van der Waals surface area contributed by atoms with E-state index in [1.54, 1.807) is 0 Å². The number of hydrogen-bond donors (Lipinski definition) is 2. The fraction of sp³-hybridized carbons (Fsp3) is 0.882. The van der Waals surface area contributed by atoms with Crippen LogP contribution in [0.2, 0.25) is 0 Å². The van der Waals surface area contributed by atoms with Crippen LogP contribution in [-0.2, 0) is 33.6 Å². The average molecular weight is 651 g/mol. The molecule has 1 spiro atoms. The third-order valence-corrected chi connectivity index (χ3v) is 15.9. The molecule has 2 heterocycles. The second kappa shape index (κ2) is 10.7. The van der Waals surface area contributed by atoms with Crippen LogP contribution in [0.4, 0.5) is 0 Å². The number of carboxylic acids is 1. The third kappa shape index (κ3) is 4.42. The molecule has 45 heavy (non-hydrogen) atoms. The lowest BCUT2D eigenvalue weighted by atomic mass is 9.34. The Balaban J connectivity index is 1.47. The van der Waals surface area contributed by atoms with Crippen molar-refractivity contribution < 1.29 is 36.8 Å². The highest BCUT2D eigenvalue weighted by molar-refractivity contribution is 7.84. The maximum atomic E-state index is 13.3. The number of fused-ring (bicyclic) bond motifs is 3. The van der Waals surface area contributed by atoms with Crippen LogP contribution in [-0.4, -0.2) is 74.8 Å². The Morgan fingerprint density at radius 2 is 1.84 bits per heavy atom. The molecule has 2 aliphatic heterocycles. The Morgan fingerprint density at radius 1 is 1.13 bits per heavy atom. The maximum Gasteiger partial charge on any atom is 0.338 e. The van der Waals surface area contributed by atoms with Gasteiger partial charge in [0.15, 0.2) is 0 Å². The number of carbonyl (C=O) groups excluding carboxylic acids is 1. The normalized spacial score (nSPS) is 47.8. The molecule has 3 N–H and O–H groups in total. The predicted molar refractivity (Wildman–Crippen MR) is 168 cm³/mol. The third-order valence-electron chi connectivity index (χ3n) is 14.6. The molecule has 10 nitrogen and oxygen atoms in total. The minimum atomic E-state index is -4.07. The van der Waals surface area contributed by atoms with Crippen molar-refractivity contribution in [3.8, 4) is 0 Å². The topological polar surface area (TPSA) is 145 Å². The Morgan fingerprint density at radius 3 is 2.47 bits per heavy atom. The second-order valence-corrected chi connectivity index (χ2v) is 18.1. The van der Waals surface area contributed by atoms with Gasteiger partial charge in [0.05, 0.1) is 19.1 Å². The molecule has 3 saturated carbocycles. The molecule has 5 fully saturated rings.